The Kier molecular flexibility index (Phi) is 4.78. The first-order valence-electron chi connectivity index (χ1n) is 6.03. The number of hydrogen-bond donors (Lipinski definition) is 0. The van der Waals surface area contributed by atoms with Crippen molar-refractivity contribution in [2.45, 2.75) is 17.1 Å². The number of aryl methyl sites for hydroxylation is 1. The number of Topliss-reactive ketones (excluding diaryl/α,β-unsaturated/α-hetero) is 1. The fourth-order valence-corrected chi connectivity index (χ4v) is 2.63. The van der Waals surface area contributed by atoms with E-state index in [9.17, 15) is 4.79 Å². The number of carbonyl (C=O) groups excluding carboxylic acids is 1. The summed E-state index contributed by atoms with van der Waals surface area (Å²) in [6, 6.07) is 17.2. The third kappa shape index (κ3) is 3.46. The minimum Gasteiger partial charge on any atom is -0.292 e. The summed E-state index contributed by atoms with van der Waals surface area (Å²) in [7, 11) is 0. The molecular formula is C16H14BrClO. The molecule has 0 bridgehead atoms. The first-order valence-corrected chi connectivity index (χ1v) is 7.39. The van der Waals surface area contributed by atoms with Crippen LogP contribution in [-0.4, -0.2) is 11.2 Å². The molecule has 3 heteroatoms. The SMILES string of the molecule is Cc1ccc(C(=O)[C@H](Cl)[C@@H](Br)c2ccccc2)cc1. The molecule has 19 heavy (non-hydrogen) atoms. The molecule has 0 N–H and O–H groups in total. The van der Waals surface area contributed by atoms with E-state index in [-0.39, 0.29) is 10.6 Å². The second-order valence-corrected chi connectivity index (χ2v) is 5.90. The zero-order chi connectivity index (χ0) is 13.8. The molecule has 0 aliphatic carbocycles. The molecule has 0 aliphatic heterocycles. The van der Waals surface area contributed by atoms with Crippen molar-refractivity contribution in [2.75, 3.05) is 0 Å². The Balaban J connectivity index is 2.17. The standard InChI is InChI=1S/C16H14BrClO/c1-11-7-9-13(10-8-11)16(19)15(18)14(17)12-5-3-2-4-6-12/h2-10,14-15H,1H3/t14-,15+/m0/s1. The van der Waals surface area contributed by atoms with Gasteiger partial charge in [-0.3, -0.25) is 4.79 Å². The highest BCUT2D eigenvalue weighted by Crippen LogP contribution is 2.31. The molecule has 0 saturated carbocycles. The number of hydrogen-bond acceptors (Lipinski definition) is 1. The van der Waals surface area contributed by atoms with E-state index in [1.807, 2.05) is 61.5 Å². The summed E-state index contributed by atoms with van der Waals surface area (Å²) in [5, 5.41) is -0.620. The third-order valence-electron chi connectivity index (χ3n) is 2.96. The molecule has 0 radical (unpaired) electrons. The zero-order valence-electron chi connectivity index (χ0n) is 10.5. The molecule has 98 valence electrons. The van der Waals surface area contributed by atoms with Gasteiger partial charge in [0.25, 0.3) is 0 Å². The second kappa shape index (κ2) is 6.36. The summed E-state index contributed by atoms with van der Waals surface area (Å²) in [6.07, 6.45) is 0. The maximum atomic E-state index is 12.3. The van der Waals surface area contributed by atoms with Crippen molar-refractivity contribution in [3.63, 3.8) is 0 Å². The van der Waals surface area contributed by atoms with Gasteiger partial charge in [0.1, 0.15) is 5.38 Å². The molecule has 0 aromatic heterocycles. The van der Waals surface area contributed by atoms with Crippen molar-refractivity contribution < 1.29 is 4.79 Å². The first kappa shape index (κ1) is 14.3. The summed E-state index contributed by atoms with van der Waals surface area (Å²) in [5.74, 6) is -0.0626. The Bertz CT molecular complexity index is 551. The van der Waals surface area contributed by atoms with Crippen LogP contribution in [-0.2, 0) is 0 Å². The predicted octanol–water partition coefficient (Wildman–Crippen LogP) is 4.92. The first-order chi connectivity index (χ1) is 9.09. The lowest BCUT2D eigenvalue weighted by Crippen LogP contribution is -2.19. The van der Waals surface area contributed by atoms with Gasteiger partial charge < -0.3 is 0 Å². The molecule has 0 aliphatic rings. The lowest BCUT2D eigenvalue weighted by molar-refractivity contribution is 0.0986. The number of halogens is 2. The monoisotopic (exact) mass is 336 g/mol. The van der Waals surface area contributed by atoms with E-state index < -0.39 is 5.38 Å². The number of ketones is 1. The smallest absolute Gasteiger partial charge is 0.182 e. The second-order valence-electron chi connectivity index (χ2n) is 4.44. The minimum atomic E-state index is -0.620. The average molecular weight is 338 g/mol. The Hall–Kier alpha value is -1.12. The van der Waals surface area contributed by atoms with Gasteiger partial charge in [-0.2, -0.15) is 0 Å². The summed E-state index contributed by atoms with van der Waals surface area (Å²) in [5.41, 5.74) is 2.77. The van der Waals surface area contributed by atoms with Crippen molar-refractivity contribution in [3.8, 4) is 0 Å². The Labute approximate surface area is 126 Å². The number of rotatable bonds is 4. The zero-order valence-corrected chi connectivity index (χ0v) is 12.9. The molecule has 2 aromatic rings. The van der Waals surface area contributed by atoms with Crippen LogP contribution in [0.1, 0.15) is 26.3 Å². The molecule has 0 unspecified atom stereocenters. The molecule has 0 fully saturated rings. The van der Waals surface area contributed by atoms with Crippen molar-refractivity contribution in [1.82, 2.24) is 0 Å². The van der Waals surface area contributed by atoms with E-state index in [1.54, 1.807) is 0 Å². The van der Waals surface area contributed by atoms with Gasteiger partial charge in [-0.05, 0) is 12.5 Å². The van der Waals surface area contributed by atoms with Crippen LogP contribution in [0.3, 0.4) is 0 Å². The fraction of sp³-hybridized carbons (Fsp3) is 0.188. The van der Waals surface area contributed by atoms with Crippen LogP contribution >= 0.6 is 27.5 Å². The molecule has 2 rings (SSSR count). The van der Waals surface area contributed by atoms with E-state index >= 15 is 0 Å². The quantitative estimate of drug-likeness (QED) is 0.571. The van der Waals surface area contributed by atoms with Crippen LogP contribution in [0, 0.1) is 6.92 Å². The van der Waals surface area contributed by atoms with E-state index in [0.717, 1.165) is 11.1 Å². The average Bonchev–Trinajstić information content (AvgIpc) is 2.46. The Morgan fingerprint density at radius 1 is 1.05 bits per heavy atom. The van der Waals surface area contributed by atoms with Gasteiger partial charge in [-0.15, -0.1) is 11.6 Å². The van der Waals surface area contributed by atoms with Crippen LogP contribution in [0.2, 0.25) is 0 Å². The van der Waals surface area contributed by atoms with E-state index in [0.29, 0.717) is 5.56 Å². The minimum absolute atomic E-state index is 0.0626. The highest BCUT2D eigenvalue weighted by Gasteiger charge is 2.26. The molecular weight excluding hydrogens is 324 g/mol. The summed E-state index contributed by atoms with van der Waals surface area (Å²) >= 11 is 9.81. The van der Waals surface area contributed by atoms with Crippen LogP contribution in [0.25, 0.3) is 0 Å². The number of carbonyl (C=O) groups is 1. The fourth-order valence-electron chi connectivity index (χ4n) is 1.82. The third-order valence-corrected chi connectivity index (χ3v) is 4.77. The number of benzene rings is 2. The molecule has 2 atom stereocenters. The lowest BCUT2D eigenvalue weighted by atomic mass is 10.0. The molecule has 0 spiro atoms. The molecule has 0 saturated heterocycles. The molecule has 0 heterocycles. The van der Waals surface area contributed by atoms with E-state index in [1.165, 1.54) is 0 Å². The van der Waals surface area contributed by atoms with E-state index in [4.69, 9.17) is 11.6 Å². The molecule has 1 nitrogen and oxygen atoms in total. The van der Waals surface area contributed by atoms with E-state index in [2.05, 4.69) is 15.9 Å². The normalized spacial score (nSPS) is 13.8. The van der Waals surface area contributed by atoms with Crippen LogP contribution in [0.15, 0.2) is 54.6 Å². The van der Waals surface area contributed by atoms with Crippen molar-refractivity contribution in [3.05, 3.63) is 71.3 Å². The summed E-state index contributed by atoms with van der Waals surface area (Å²) in [6.45, 7) is 1.99. The maximum absolute atomic E-state index is 12.3. The highest BCUT2D eigenvalue weighted by molar-refractivity contribution is 9.09. The molecule has 0 amide bonds. The van der Waals surface area contributed by atoms with Crippen LogP contribution in [0.4, 0.5) is 0 Å². The van der Waals surface area contributed by atoms with Gasteiger partial charge in [-0.1, -0.05) is 76.1 Å². The van der Waals surface area contributed by atoms with Gasteiger partial charge in [0.15, 0.2) is 5.78 Å². The van der Waals surface area contributed by atoms with Gasteiger partial charge in [0.2, 0.25) is 0 Å². The largest absolute Gasteiger partial charge is 0.292 e. The predicted molar refractivity (Wildman–Crippen MR) is 83.3 cm³/mol. The summed E-state index contributed by atoms with van der Waals surface area (Å²) < 4.78 is 0. The number of alkyl halides is 2. The van der Waals surface area contributed by atoms with Gasteiger partial charge >= 0.3 is 0 Å². The van der Waals surface area contributed by atoms with Crippen LogP contribution < -0.4 is 0 Å². The molecule has 2 aromatic carbocycles. The topological polar surface area (TPSA) is 17.1 Å². The maximum Gasteiger partial charge on any atom is 0.182 e. The van der Waals surface area contributed by atoms with Gasteiger partial charge in [0.05, 0.1) is 4.83 Å². The van der Waals surface area contributed by atoms with Crippen molar-refractivity contribution in [2.24, 2.45) is 0 Å². The Morgan fingerprint density at radius 3 is 2.21 bits per heavy atom. The van der Waals surface area contributed by atoms with Crippen molar-refractivity contribution >= 4 is 33.3 Å². The highest BCUT2D eigenvalue weighted by atomic mass is 79.9. The van der Waals surface area contributed by atoms with Gasteiger partial charge in [-0.25, -0.2) is 0 Å². The van der Waals surface area contributed by atoms with Crippen molar-refractivity contribution in [1.29, 1.82) is 0 Å². The van der Waals surface area contributed by atoms with Crippen LogP contribution in [0.5, 0.6) is 0 Å². The summed E-state index contributed by atoms with van der Waals surface area (Å²) in [4.78, 5) is 12.1. The lowest BCUT2D eigenvalue weighted by Gasteiger charge is -2.16. The Morgan fingerprint density at radius 2 is 1.63 bits per heavy atom. The van der Waals surface area contributed by atoms with Gasteiger partial charge in [0, 0.05) is 5.56 Å².